The van der Waals surface area contributed by atoms with Crippen molar-refractivity contribution in [2.45, 2.75) is 13.5 Å². The van der Waals surface area contributed by atoms with Crippen LogP contribution in [-0.4, -0.2) is 66.8 Å². The standard InChI is InChI=1S/C30H27ClN2O8SSe/c1-17-26(42-21(28(35)39-3)15-22(34)38-2)33(20-13-11-19(31)12-14-20)27-24(32(17)16-18-9-7-6-8-10-18)23(29(36)40-4)25(43-27)30(37)41-5/h6-15H,16H2,1-5H3/b21-15+. The zero-order valence-corrected chi connectivity index (χ0v) is 27.1. The van der Waals surface area contributed by atoms with E-state index in [9.17, 15) is 19.2 Å². The van der Waals surface area contributed by atoms with Crippen LogP contribution in [0.2, 0.25) is 5.02 Å². The second-order valence-electron chi connectivity index (χ2n) is 8.84. The van der Waals surface area contributed by atoms with Crippen LogP contribution in [0.5, 0.6) is 0 Å². The Morgan fingerprint density at radius 1 is 0.884 bits per heavy atom. The monoisotopic (exact) mass is 690 g/mol. The number of rotatable bonds is 9. The fourth-order valence-corrected chi connectivity index (χ4v) is 8.22. The Labute approximate surface area is 263 Å². The molecule has 3 aromatic rings. The first-order chi connectivity index (χ1) is 20.6. The third-order valence-electron chi connectivity index (χ3n) is 6.33. The minimum absolute atomic E-state index is 0.0359. The third kappa shape index (κ3) is 6.67. The van der Waals surface area contributed by atoms with Crippen LogP contribution in [0.1, 0.15) is 32.1 Å². The zero-order valence-electron chi connectivity index (χ0n) is 23.8. The first-order valence-electron chi connectivity index (χ1n) is 12.6. The summed E-state index contributed by atoms with van der Waals surface area (Å²) in [7, 11) is 4.92. The SMILES string of the molecule is COC(=O)/C=C(/SC1=C(C)N(Cc2ccccc2)c2c([se]c(C(=O)OC)c2C(=O)OC)N1c1ccc(Cl)cc1)C(=O)OC. The number of nitrogens with zero attached hydrogens (tertiary/aromatic N) is 2. The number of hydrogen-bond donors (Lipinski definition) is 0. The molecular weight excluding hydrogens is 663 g/mol. The van der Waals surface area contributed by atoms with E-state index in [2.05, 4.69) is 0 Å². The Hall–Kier alpha value is -3.96. The molecule has 13 heteroatoms. The molecule has 10 nitrogen and oxygen atoms in total. The molecule has 0 saturated carbocycles. The van der Waals surface area contributed by atoms with E-state index in [4.69, 9.17) is 30.5 Å². The second-order valence-corrected chi connectivity index (χ2v) is 12.4. The molecule has 1 aliphatic heterocycles. The van der Waals surface area contributed by atoms with Gasteiger partial charge in [0.25, 0.3) is 0 Å². The van der Waals surface area contributed by atoms with Gasteiger partial charge in [0, 0.05) is 0 Å². The van der Waals surface area contributed by atoms with Gasteiger partial charge in [-0.3, -0.25) is 0 Å². The molecule has 43 heavy (non-hydrogen) atoms. The molecule has 0 unspecified atom stereocenters. The van der Waals surface area contributed by atoms with Crippen LogP contribution in [0, 0.1) is 0 Å². The normalized spacial score (nSPS) is 12.9. The summed E-state index contributed by atoms with van der Waals surface area (Å²) in [6.45, 7) is 2.13. The molecule has 224 valence electrons. The van der Waals surface area contributed by atoms with Crippen molar-refractivity contribution in [2.24, 2.45) is 0 Å². The molecule has 0 saturated heterocycles. The molecule has 4 rings (SSSR count). The van der Waals surface area contributed by atoms with Gasteiger partial charge in [0.2, 0.25) is 0 Å². The molecule has 0 bridgehead atoms. The van der Waals surface area contributed by atoms with Crippen LogP contribution in [0.4, 0.5) is 15.9 Å². The van der Waals surface area contributed by atoms with E-state index >= 15 is 0 Å². The summed E-state index contributed by atoms with van der Waals surface area (Å²) in [6, 6.07) is 16.5. The number of esters is 4. The molecule has 0 amide bonds. The molecule has 1 aliphatic rings. The number of thioether (sulfide) groups is 1. The maximum absolute atomic E-state index is 13.3. The van der Waals surface area contributed by atoms with Gasteiger partial charge < -0.3 is 0 Å². The molecule has 0 radical (unpaired) electrons. The zero-order chi connectivity index (χ0) is 31.3. The Morgan fingerprint density at radius 2 is 1.53 bits per heavy atom. The summed E-state index contributed by atoms with van der Waals surface area (Å²) < 4.78 is 20.8. The molecule has 0 spiro atoms. The van der Waals surface area contributed by atoms with Crippen LogP contribution in [0.3, 0.4) is 0 Å². The van der Waals surface area contributed by atoms with E-state index in [1.807, 2.05) is 47.1 Å². The quantitative estimate of drug-likeness (QED) is 0.127. The summed E-state index contributed by atoms with van der Waals surface area (Å²) >= 11 is 6.45. The van der Waals surface area contributed by atoms with E-state index in [1.54, 1.807) is 24.3 Å². The predicted octanol–water partition coefficient (Wildman–Crippen LogP) is 5.28. The van der Waals surface area contributed by atoms with Crippen molar-refractivity contribution in [2.75, 3.05) is 38.2 Å². The van der Waals surface area contributed by atoms with Crippen molar-refractivity contribution in [1.82, 2.24) is 0 Å². The minimum atomic E-state index is -0.759. The van der Waals surface area contributed by atoms with Crippen molar-refractivity contribution in [3.05, 3.63) is 96.9 Å². The van der Waals surface area contributed by atoms with Crippen LogP contribution in [0.15, 0.2) is 76.3 Å². The molecule has 2 aromatic carbocycles. The molecule has 0 fully saturated rings. The van der Waals surface area contributed by atoms with Gasteiger partial charge in [0.05, 0.1) is 0 Å². The van der Waals surface area contributed by atoms with E-state index in [-0.39, 0.29) is 14.9 Å². The van der Waals surface area contributed by atoms with Gasteiger partial charge in [-0.25, -0.2) is 0 Å². The first-order valence-corrected chi connectivity index (χ1v) is 15.5. The summed E-state index contributed by atoms with van der Waals surface area (Å²) in [5, 5.41) is 1.02. The number of carbonyl (C=O) groups is 4. The van der Waals surface area contributed by atoms with Crippen LogP contribution < -0.4 is 9.80 Å². The fraction of sp³-hybridized carbons (Fsp3) is 0.200. The van der Waals surface area contributed by atoms with Gasteiger partial charge in [0.1, 0.15) is 0 Å². The first kappa shape index (κ1) is 32.0. The Balaban J connectivity index is 2.07. The Kier molecular flexibility index (Phi) is 10.4. The average Bonchev–Trinajstić information content (AvgIpc) is 3.42. The van der Waals surface area contributed by atoms with Crippen molar-refractivity contribution in [1.29, 1.82) is 0 Å². The fourth-order valence-electron chi connectivity index (χ4n) is 4.29. The predicted molar refractivity (Wildman–Crippen MR) is 165 cm³/mol. The number of ether oxygens (including phenoxy) is 4. The van der Waals surface area contributed by atoms with E-state index in [0.717, 1.165) is 23.4 Å². The van der Waals surface area contributed by atoms with Crippen molar-refractivity contribution in [3.63, 3.8) is 0 Å². The average molecular weight is 690 g/mol. The van der Waals surface area contributed by atoms with Crippen LogP contribution in [-0.2, 0) is 35.1 Å². The van der Waals surface area contributed by atoms with Gasteiger partial charge >= 0.3 is 264 Å². The van der Waals surface area contributed by atoms with Gasteiger partial charge in [-0.05, 0) is 0 Å². The van der Waals surface area contributed by atoms with Gasteiger partial charge in [-0.15, -0.1) is 0 Å². The number of carbonyl (C=O) groups excluding carboxylic acids is 4. The molecule has 0 N–H and O–H groups in total. The van der Waals surface area contributed by atoms with Crippen molar-refractivity contribution < 1.29 is 38.1 Å². The Bertz CT molecular complexity index is 1620. The van der Waals surface area contributed by atoms with Crippen LogP contribution >= 0.6 is 23.4 Å². The number of halogens is 1. The number of benzene rings is 2. The molecule has 1 aromatic heterocycles. The van der Waals surface area contributed by atoms with Gasteiger partial charge in [0.15, 0.2) is 0 Å². The van der Waals surface area contributed by atoms with Gasteiger partial charge in [-0.1, -0.05) is 0 Å². The molecule has 2 heterocycles. The number of fused-ring (bicyclic) bond motifs is 1. The molecule has 0 aliphatic carbocycles. The van der Waals surface area contributed by atoms with Gasteiger partial charge in [-0.2, -0.15) is 0 Å². The van der Waals surface area contributed by atoms with Crippen molar-refractivity contribution in [3.8, 4) is 0 Å². The topological polar surface area (TPSA) is 112 Å². The maximum atomic E-state index is 13.3. The molecular formula is C30H27ClN2O8SSe. The van der Waals surface area contributed by atoms with Crippen molar-refractivity contribution >= 4 is 77.7 Å². The molecule has 0 atom stereocenters. The number of hydrogen-bond acceptors (Lipinski definition) is 11. The number of methoxy groups -OCH3 is 4. The van der Waals surface area contributed by atoms with E-state index < -0.39 is 38.4 Å². The second kappa shape index (κ2) is 14.0. The van der Waals surface area contributed by atoms with E-state index in [1.165, 1.54) is 28.4 Å². The van der Waals surface area contributed by atoms with Crippen LogP contribution in [0.25, 0.3) is 0 Å². The van der Waals surface area contributed by atoms with E-state index in [0.29, 0.717) is 38.2 Å². The third-order valence-corrected chi connectivity index (χ3v) is 10.2. The number of anilines is 3. The summed E-state index contributed by atoms with van der Waals surface area (Å²) in [4.78, 5) is 55.2. The number of allylic oxidation sites excluding steroid dienone is 1. The summed E-state index contributed by atoms with van der Waals surface area (Å²) in [6.07, 6.45) is 1.06. The summed E-state index contributed by atoms with van der Waals surface area (Å²) in [5.74, 6) is -2.83. The Morgan fingerprint density at radius 3 is 2.12 bits per heavy atom. The summed E-state index contributed by atoms with van der Waals surface area (Å²) in [5.41, 5.74) is 2.74.